The lowest BCUT2D eigenvalue weighted by molar-refractivity contribution is 0.170. The smallest absolute Gasteiger partial charge is 0.0638 e. The Morgan fingerprint density at radius 1 is 1.44 bits per heavy atom. The first-order valence-corrected chi connectivity index (χ1v) is 3.21. The molecule has 2 atom stereocenters. The van der Waals surface area contributed by atoms with Crippen LogP contribution in [0.1, 0.15) is 0 Å². The van der Waals surface area contributed by atoms with E-state index in [9.17, 15) is 0 Å². The van der Waals surface area contributed by atoms with Gasteiger partial charge in [0, 0.05) is 12.1 Å². The van der Waals surface area contributed by atoms with Gasteiger partial charge >= 0.3 is 0 Å². The molecule has 1 aliphatic heterocycles. The van der Waals surface area contributed by atoms with Crippen molar-refractivity contribution in [3.05, 3.63) is 0 Å². The zero-order chi connectivity index (χ0) is 6.85. The lowest BCUT2D eigenvalue weighted by Gasteiger charge is -2.20. The minimum Gasteiger partial charge on any atom is -0.378 e. The molecule has 0 saturated carbocycles. The predicted molar refractivity (Wildman–Crippen MR) is 36.3 cm³/mol. The van der Waals surface area contributed by atoms with Crippen LogP contribution in [0.4, 0.5) is 0 Å². The summed E-state index contributed by atoms with van der Waals surface area (Å²) in [6, 6.07) is 0.630. The molecule has 1 saturated heterocycles. The van der Waals surface area contributed by atoms with E-state index in [1.807, 2.05) is 14.1 Å². The highest BCUT2D eigenvalue weighted by molar-refractivity contribution is 4.83. The van der Waals surface area contributed by atoms with Crippen molar-refractivity contribution in [1.82, 2.24) is 4.90 Å². The lowest BCUT2D eigenvalue weighted by atomic mass is 10.2. The summed E-state index contributed by atoms with van der Waals surface area (Å²) in [5.74, 6) is 0. The standard InChI is InChI=1S/C6H14N2O/c1-8(2)6-4-9-3-5(6)7/h5-6H,3-4,7H2,1-2H3/t5-,6-/m0/s1. The summed E-state index contributed by atoms with van der Waals surface area (Å²) in [6.07, 6.45) is 0. The number of rotatable bonds is 1. The lowest BCUT2D eigenvalue weighted by Crippen LogP contribution is -2.43. The molecular weight excluding hydrogens is 116 g/mol. The Bertz CT molecular complexity index is 95.1. The van der Waals surface area contributed by atoms with Crippen LogP contribution in [0.15, 0.2) is 0 Å². The van der Waals surface area contributed by atoms with Gasteiger partial charge < -0.3 is 15.4 Å². The normalized spacial score (nSPS) is 36.0. The number of hydrogen-bond acceptors (Lipinski definition) is 3. The molecule has 2 N–H and O–H groups in total. The molecule has 0 aromatic rings. The Hall–Kier alpha value is -0.120. The molecule has 1 rings (SSSR count). The summed E-state index contributed by atoms with van der Waals surface area (Å²) < 4.78 is 5.16. The van der Waals surface area contributed by atoms with Gasteiger partial charge in [-0.25, -0.2) is 0 Å². The van der Waals surface area contributed by atoms with Crippen LogP contribution in [-0.2, 0) is 4.74 Å². The summed E-state index contributed by atoms with van der Waals surface area (Å²) in [7, 11) is 4.05. The second-order valence-electron chi connectivity index (χ2n) is 2.73. The summed E-state index contributed by atoms with van der Waals surface area (Å²) >= 11 is 0. The zero-order valence-electron chi connectivity index (χ0n) is 6.00. The average molecular weight is 130 g/mol. The molecule has 54 valence electrons. The van der Waals surface area contributed by atoms with E-state index in [0.29, 0.717) is 12.6 Å². The third kappa shape index (κ3) is 1.41. The van der Waals surface area contributed by atoms with Crippen LogP contribution in [0.5, 0.6) is 0 Å². The highest BCUT2D eigenvalue weighted by Gasteiger charge is 2.25. The van der Waals surface area contributed by atoms with Crippen molar-refractivity contribution in [2.45, 2.75) is 12.1 Å². The first-order valence-electron chi connectivity index (χ1n) is 3.21. The maximum atomic E-state index is 5.71. The topological polar surface area (TPSA) is 38.5 Å². The van der Waals surface area contributed by atoms with Crippen molar-refractivity contribution in [1.29, 1.82) is 0 Å². The molecule has 1 heterocycles. The monoisotopic (exact) mass is 130 g/mol. The first kappa shape index (κ1) is 6.99. The quantitative estimate of drug-likeness (QED) is 0.509. The van der Waals surface area contributed by atoms with E-state index < -0.39 is 0 Å². The fourth-order valence-electron chi connectivity index (χ4n) is 1.09. The van der Waals surface area contributed by atoms with Gasteiger partial charge in [0.2, 0.25) is 0 Å². The van der Waals surface area contributed by atoms with Crippen molar-refractivity contribution in [3.63, 3.8) is 0 Å². The van der Waals surface area contributed by atoms with Crippen LogP contribution in [0, 0.1) is 0 Å². The highest BCUT2D eigenvalue weighted by Crippen LogP contribution is 2.06. The number of hydrogen-bond donors (Lipinski definition) is 1. The number of ether oxygens (including phenoxy) is 1. The molecule has 0 aliphatic carbocycles. The molecule has 9 heavy (non-hydrogen) atoms. The fraction of sp³-hybridized carbons (Fsp3) is 1.00. The molecule has 0 spiro atoms. The Labute approximate surface area is 55.8 Å². The van der Waals surface area contributed by atoms with E-state index in [0.717, 1.165) is 6.61 Å². The van der Waals surface area contributed by atoms with Gasteiger partial charge in [0.15, 0.2) is 0 Å². The Morgan fingerprint density at radius 3 is 2.33 bits per heavy atom. The molecule has 3 heteroatoms. The van der Waals surface area contributed by atoms with E-state index in [1.54, 1.807) is 0 Å². The SMILES string of the molecule is CN(C)[C@H]1COC[C@@H]1N. The maximum Gasteiger partial charge on any atom is 0.0638 e. The van der Waals surface area contributed by atoms with Gasteiger partial charge in [-0.05, 0) is 14.1 Å². The van der Waals surface area contributed by atoms with E-state index in [-0.39, 0.29) is 6.04 Å². The second kappa shape index (κ2) is 2.64. The Balaban J connectivity index is 2.40. The van der Waals surface area contributed by atoms with Crippen molar-refractivity contribution < 1.29 is 4.74 Å². The van der Waals surface area contributed by atoms with Crippen LogP contribution in [0.2, 0.25) is 0 Å². The van der Waals surface area contributed by atoms with Crippen LogP contribution < -0.4 is 5.73 Å². The number of likely N-dealkylation sites (N-methyl/N-ethyl adjacent to an activating group) is 1. The number of nitrogens with zero attached hydrogens (tertiary/aromatic N) is 1. The molecule has 0 aromatic carbocycles. The molecule has 0 amide bonds. The van der Waals surface area contributed by atoms with Gasteiger partial charge in [0.1, 0.15) is 0 Å². The molecule has 0 aromatic heterocycles. The van der Waals surface area contributed by atoms with E-state index >= 15 is 0 Å². The van der Waals surface area contributed by atoms with Gasteiger partial charge in [0.25, 0.3) is 0 Å². The second-order valence-corrected chi connectivity index (χ2v) is 2.73. The van der Waals surface area contributed by atoms with Gasteiger partial charge in [-0.15, -0.1) is 0 Å². The van der Waals surface area contributed by atoms with Crippen molar-refractivity contribution in [3.8, 4) is 0 Å². The molecule has 1 fully saturated rings. The van der Waals surface area contributed by atoms with Gasteiger partial charge in [-0.3, -0.25) is 0 Å². The maximum absolute atomic E-state index is 5.71. The molecule has 3 nitrogen and oxygen atoms in total. The molecule has 0 radical (unpaired) electrons. The van der Waals surface area contributed by atoms with Crippen molar-refractivity contribution in [2.75, 3.05) is 27.3 Å². The predicted octanol–water partition coefficient (Wildman–Crippen LogP) is -0.726. The van der Waals surface area contributed by atoms with Crippen LogP contribution in [0.25, 0.3) is 0 Å². The molecular formula is C6H14N2O. The van der Waals surface area contributed by atoms with Crippen molar-refractivity contribution in [2.24, 2.45) is 5.73 Å². The van der Waals surface area contributed by atoms with Gasteiger partial charge in [-0.2, -0.15) is 0 Å². The van der Waals surface area contributed by atoms with Gasteiger partial charge in [-0.1, -0.05) is 0 Å². The van der Waals surface area contributed by atoms with Crippen molar-refractivity contribution >= 4 is 0 Å². The third-order valence-electron chi connectivity index (χ3n) is 1.76. The van der Waals surface area contributed by atoms with E-state index in [2.05, 4.69) is 4.90 Å². The highest BCUT2D eigenvalue weighted by atomic mass is 16.5. The van der Waals surface area contributed by atoms with E-state index in [4.69, 9.17) is 10.5 Å². The molecule has 1 aliphatic rings. The van der Waals surface area contributed by atoms with Crippen LogP contribution in [0.3, 0.4) is 0 Å². The Morgan fingerprint density at radius 2 is 2.11 bits per heavy atom. The first-order chi connectivity index (χ1) is 4.22. The van der Waals surface area contributed by atoms with Crippen LogP contribution in [-0.4, -0.2) is 44.3 Å². The fourth-order valence-corrected chi connectivity index (χ4v) is 1.09. The Kier molecular flexibility index (Phi) is 2.05. The summed E-state index contributed by atoms with van der Waals surface area (Å²) in [5.41, 5.74) is 5.71. The van der Waals surface area contributed by atoms with Gasteiger partial charge in [0.05, 0.1) is 13.2 Å². The molecule has 0 unspecified atom stereocenters. The summed E-state index contributed by atoms with van der Waals surface area (Å²) in [5, 5.41) is 0. The zero-order valence-corrected chi connectivity index (χ0v) is 6.00. The largest absolute Gasteiger partial charge is 0.378 e. The molecule has 0 bridgehead atoms. The number of nitrogens with two attached hydrogens (primary N) is 1. The third-order valence-corrected chi connectivity index (χ3v) is 1.76. The summed E-state index contributed by atoms with van der Waals surface area (Å²) in [6.45, 7) is 1.50. The van der Waals surface area contributed by atoms with E-state index in [1.165, 1.54) is 0 Å². The minimum absolute atomic E-state index is 0.208. The van der Waals surface area contributed by atoms with Crippen LogP contribution >= 0.6 is 0 Å². The minimum atomic E-state index is 0.208. The average Bonchev–Trinajstić information content (AvgIpc) is 2.13. The summed E-state index contributed by atoms with van der Waals surface area (Å²) in [4.78, 5) is 2.11.